The molecule has 0 radical (unpaired) electrons. The third-order valence-electron chi connectivity index (χ3n) is 4.01. The largest absolute Gasteiger partial charge is 0.306 e. The molecule has 2 aromatic carbocycles. The molecule has 1 atom stereocenters. The third-order valence-corrected chi connectivity index (χ3v) is 4.01. The van der Waals surface area contributed by atoms with Gasteiger partial charge in [0.15, 0.2) is 0 Å². The van der Waals surface area contributed by atoms with Crippen LogP contribution in [0.2, 0.25) is 0 Å². The van der Waals surface area contributed by atoms with Crippen molar-refractivity contribution in [2.24, 2.45) is 0 Å². The summed E-state index contributed by atoms with van der Waals surface area (Å²) in [6.45, 7) is 12.0. The van der Waals surface area contributed by atoms with Crippen LogP contribution in [0.3, 0.4) is 0 Å². The van der Waals surface area contributed by atoms with Gasteiger partial charge in [-0.2, -0.15) is 0 Å². The topological polar surface area (TPSA) is 12.0 Å². The first kappa shape index (κ1) is 15.8. The van der Waals surface area contributed by atoms with Gasteiger partial charge in [-0.25, -0.2) is 0 Å². The minimum atomic E-state index is 0.219. The molecule has 1 nitrogen and oxygen atoms in total. The Bertz CT molecular complexity index is 558. The lowest BCUT2D eigenvalue weighted by Gasteiger charge is -2.21. The van der Waals surface area contributed by atoms with Gasteiger partial charge in [0.1, 0.15) is 0 Å². The maximum absolute atomic E-state index is 3.59. The van der Waals surface area contributed by atoms with Crippen LogP contribution in [0.5, 0.6) is 0 Å². The molecular formula is C20H27N. The average Bonchev–Trinajstić information content (AvgIpc) is 2.45. The maximum atomic E-state index is 3.59. The molecule has 0 spiro atoms. The number of benzene rings is 2. The second-order valence-corrected chi connectivity index (χ2v) is 6.96. The molecule has 2 aromatic rings. The van der Waals surface area contributed by atoms with Crippen LogP contribution in [0.25, 0.3) is 0 Å². The Morgan fingerprint density at radius 3 is 2.00 bits per heavy atom. The Balaban J connectivity index is 1.97. The molecule has 1 unspecified atom stereocenters. The van der Waals surface area contributed by atoms with Crippen LogP contribution in [-0.4, -0.2) is 0 Å². The fraction of sp³-hybridized carbons (Fsp3) is 0.400. The predicted octanol–water partition coefficient (Wildman–Crippen LogP) is 5.14. The van der Waals surface area contributed by atoms with Crippen molar-refractivity contribution in [3.8, 4) is 0 Å². The van der Waals surface area contributed by atoms with E-state index in [4.69, 9.17) is 0 Å². The minimum Gasteiger partial charge on any atom is -0.306 e. The van der Waals surface area contributed by atoms with Crippen LogP contribution in [0.1, 0.15) is 56.0 Å². The molecule has 0 saturated heterocycles. The van der Waals surface area contributed by atoms with Crippen molar-refractivity contribution in [2.45, 2.75) is 52.6 Å². The lowest BCUT2D eigenvalue weighted by molar-refractivity contribution is 0.569. The number of aryl methyl sites for hydroxylation is 1. The highest BCUT2D eigenvalue weighted by Gasteiger charge is 2.13. The van der Waals surface area contributed by atoms with Gasteiger partial charge < -0.3 is 5.32 Å². The summed E-state index contributed by atoms with van der Waals surface area (Å²) >= 11 is 0. The Kier molecular flexibility index (Phi) is 4.84. The quantitative estimate of drug-likeness (QED) is 0.818. The van der Waals surface area contributed by atoms with Gasteiger partial charge in [-0.1, -0.05) is 74.9 Å². The van der Waals surface area contributed by atoms with E-state index in [0.717, 1.165) is 6.54 Å². The molecular weight excluding hydrogens is 254 g/mol. The van der Waals surface area contributed by atoms with Crippen molar-refractivity contribution in [3.05, 3.63) is 70.8 Å². The molecule has 1 heteroatoms. The molecule has 0 aliphatic rings. The average molecular weight is 281 g/mol. The van der Waals surface area contributed by atoms with Gasteiger partial charge in [-0.05, 0) is 36.0 Å². The lowest BCUT2D eigenvalue weighted by atomic mass is 9.86. The molecule has 1 N–H and O–H groups in total. The first-order valence-electron chi connectivity index (χ1n) is 7.75. The van der Waals surface area contributed by atoms with Gasteiger partial charge in [0.25, 0.3) is 0 Å². The highest BCUT2D eigenvalue weighted by Crippen LogP contribution is 2.24. The van der Waals surface area contributed by atoms with Gasteiger partial charge in [0.05, 0.1) is 0 Å². The fourth-order valence-electron chi connectivity index (χ4n) is 2.37. The highest BCUT2D eigenvalue weighted by atomic mass is 14.9. The summed E-state index contributed by atoms with van der Waals surface area (Å²) in [5, 5.41) is 3.59. The fourth-order valence-corrected chi connectivity index (χ4v) is 2.37. The third kappa shape index (κ3) is 4.44. The van der Waals surface area contributed by atoms with Gasteiger partial charge in [0, 0.05) is 12.6 Å². The van der Waals surface area contributed by atoms with Crippen molar-refractivity contribution < 1.29 is 0 Å². The van der Waals surface area contributed by atoms with Crippen LogP contribution < -0.4 is 5.32 Å². The first-order valence-corrected chi connectivity index (χ1v) is 7.75. The normalized spacial score (nSPS) is 13.2. The Labute approximate surface area is 129 Å². The second kappa shape index (κ2) is 6.44. The van der Waals surface area contributed by atoms with E-state index in [0.29, 0.717) is 6.04 Å². The molecule has 0 aliphatic heterocycles. The highest BCUT2D eigenvalue weighted by molar-refractivity contribution is 5.29. The molecule has 2 rings (SSSR count). The zero-order valence-corrected chi connectivity index (χ0v) is 13.9. The SMILES string of the molecule is Cc1ccc(CNC(C)c2ccc(C(C)(C)C)cc2)cc1. The zero-order chi connectivity index (χ0) is 15.5. The van der Waals surface area contributed by atoms with Crippen molar-refractivity contribution in [2.75, 3.05) is 0 Å². The lowest BCUT2D eigenvalue weighted by Crippen LogP contribution is -2.18. The van der Waals surface area contributed by atoms with Crippen LogP contribution in [-0.2, 0) is 12.0 Å². The van der Waals surface area contributed by atoms with Crippen LogP contribution in [0.4, 0.5) is 0 Å². The van der Waals surface area contributed by atoms with E-state index in [2.05, 4.69) is 88.5 Å². The Morgan fingerprint density at radius 1 is 0.905 bits per heavy atom. The minimum absolute atomic E-state index is 0.219. The van der Waals surface area contributed by atoms with Crippen molar-refractivity contribution in [1.29, 1.82) is 0 Å². The number of nitrogens with one attached hydrogen (secondary N) is 1. The predicted molar refractivity (Wildman–Crippen MR) is 91.6 cm³/mol. The summed E-state index contributed by atoms with van der Waals surface area (Å²) in [5.74, 6) is 0. The summed E-state index contributed by atoms with van der Waals surface area (Å²) in [6.07, 6.45) is 0. The Hall–Kier alpha value is -1.60. The standard InChI is InChI=1S/C20H27N/c1-15-6-8-17(9-7-15)14-21-16(2)18-10-12-19(13-11-18)20(3,4)5/h6-13,16,21H,14H2,1-5H3. The summed E-state index contributed by atoms with van der Waals surface area (Å²) in [6, 6.07) is 18.1. The summed E-state index contributed by atoms with van der Waals surface area (Å²) in [4.78, 5) is 0. The van der Waals surface area contributed by atoms with E-state index in [1.54, 1.807) is 0 Å². The number of hydrogen-bond donors (Lipinski definition) is 1. The summed E-state index contributed by atoms with van der Waals surface area (Å²) < 4.78 is 0. The molecule has 0 heterocycles. The van der Waals surface area contributed by atoms with Gasteiger partial charge >= 0.3 is 0 Å². The molecule has 112 valence electrons. The van der Waals surface area contributed by atoms with E-state index in [9.17, 15) is 0 Å². The van der Waals surface area contributed by atoms with E-state index in [1.807, 2.05) is 0 Å². The monoisotopic (exact) mass is 281 g/mol. The van der Waals surface area contributed by atoms with Crippen molar-refractivity contribution in [1.82, 2.24) is 5.32 Å². The molecule has 0 bridgehead atoms. The first-order chi connectivity index (χ1) is 9.86. The van der Waals surface area contributed by atoms with Crippen LogP contribution >= 0.6 is 0 Å². The van der Waals surface area contributed by atoms with Crippen molar-refractivity contribution in [3.63, 3.8) is 0 Å². The van der Waals surface area contributed by atoms with E-state index < -0.39 is 0 Å². The maximum Gasteiger partial charge on any atom is 0.0294 e. The number of rotatable bonds is 4. The smallest absolute Gasteiger partial charge is 0.0294 e. The molecule has 0 aliphatic carbocycles. The molecule has 0 saturated carbocycles. The van der Waals surface area contributed by atoms with Gasteiger partial charge in [0.2, 0.25) is 0 Å². The van der Waals surface area contributed by atoms with Crippen LogP contribution in [0, 0.1) is 6.92 Å². The van der Waals surface area contributed by atoms with E-state index in [-0.39, 0.29) is 5.41 Å². The molecule has 0 fully saturated rings. The molecule has 21 heavy (non-hydrogen) atoms. The summed E-state index contributed by atoms with van der Waals surface area (Å²) in [5.41, 5.74) is 5.59. The van der Waals surface area contributed by atoms with Crippen molar-refractivity contribution >= 4 is 0 Å². The summed E-state index contributed by atoms with van der Waals surface area (Å²) in [7, 11) is 0. The van der Waals surface area contributed by atoms with E-state index in [1.165, 1.54) is 22.3 Å². The van der Waals surface area contributed by atoms with E-state index >= 15 is 0 Å². The Morgan fingerprint density at radius 2 is 1.48 bits per heavy atom. The second-order valence-electron chi connectivity index (χ2n) is 6.96. The van der Waals surface area contributed by atoms with Crippen LogP contribution in [0.15, 0.2) is 48.5 Å². The molecule has 0 aromatic heterocycles. The zero-order valence-electron chi connectivity index (χ0n) is 13.9. The number of hydrogen-bond acceptors (Lipinski definition) is 1. The molecule has 0 amide bonds. The van der Waals surface area contributed by atoms with Gasteiger partial charge in [-0.3, -0.25) is 0 Å². The van der Waals surface area contributed by atoms with Gasteiger partial charge in [-0.15, -0.1) is 0 Å².